The molecule has 0 radical (unpaired) electrons. The highest BCUT2D eigenvalue weighted by molar-refractivity contribution is 5.87. The van der Waals surface area contributed by atoms with E-state index in [-0.39, 0.29) is 23.8 Å². The minimum atomic E-state index is -0.155. The minimum Gasteiger partial charge on any atom is -0.330 e. The highest BCUT2D eigenvalue weighted by Gasteiger charge is 2.34. The van der Waals surface area contributed by atoms with Crippen molar-refractivity contribution < 1.29 is 9.59 Å². The number of carbonyl (C=O) groups excluding carboxylic acids is 2. The Morgan fingerprint density at radius 1 is 1.25 bits per heavy atom. The monoisotopic (exact) mass is 169 g/mol. The van der Waals surface area contributed by atoms with Crippen LogP contribution in [0.25, 0.3) is 0 Å². The Hall–Kier alpha value is -0.860. The fourth-order valence-corrected chi connectivity index (χ4v) is 1.91. The molecule has 0 spiro atoms. The molecule has 0 bridgehead atoms. The number of nitrogens with zero attached hydrogens (tertiary/aromatic N) is 1. The lowest BCUT2D eigenvalue weighted by Gasteiger charge is -2.25. The van der Waals surface area contributed by atoms with Crippen molar-refractivity contribution in [1.29, 1.82) is 0 Å². The Bertz CT molecular complexity index is 213. The van der Waals surface area contributed by atoms with Gasteiger partial charge < -0.3 is 4.90 Å². The summed E-state index contributed by atoms with van der Waals surface area (Å²) < 4.78 is 0. The van der Waals surface area contributed by atoms with Gasteiger partial charge in [0.05, 0.1) is 6.04 Å². The molecule has 1 fully saturated rings. The summed E-state index contributed by atoms with van der Waals surface area (Å²) >= 11 is 0. The highest BCUT2D eigenvalue weighted by Crippen LogP contribution is 2.24. The lowest BCUT2D eigenvalue weighted by Crippen LogP contribution is -2.41. The number of rotatable bonds is 1. The Kier molecular flexibility index (Phi) is 2.50. The Balaban J connectivity index is 2.77. The molecule has 0 N–H and O–H groups in total. The molecule has 2 atom stereocenters. The number of carbonyl (C=O) groups is 2. The zero-order chi connectivity index (χ0) is 9.30. The second kappa shape index (κ2) is 3.25. The molecular weight excluding hydrogens is 154 g/mol. The number of hydrogen-bond acceptors (Lipinski definition) is 2. The van der Waals surface area contributed by atoms with E-state index in [1.54, 1.807) is 11.8 Å². The summed E-state index contributed by atoms with van der Waals surface area (Å²) in [5, 5.41) is 0. The molecule has 1 saturated heterocycles. The van der Waals surface area contributed by atoms with Gasteiger partial charge in [0.2, 0.25) is 5.91 Å². The standard InChI is InChI=1S/C9H15NO2/c1-6-4-5-9(7(2)11)10(6)8(3)12/h6,9H,4-5H2,1-3H3/t6-,9+/m1/s1. The van der Waals surface area contributed by atoms with Gasteiger partial charge in [-0.05, 0) is 26.7 Å². The molecule has 1 aliphatic heterocycles. The van der Waals surface area contributed by atoms with Gasteiger partial charge in [-0.1, -0.05) is 0 Å². The average molecular weight is 169 g/mol. The van der Waals surface area contributed by atoms with Crippen LogP contribution in [-0.4, -0.2) is 28.7 Å². The maximum atomic E-state index is 11.1. The topological polar surface area (TPSA) is 37.4 Å². The molecule has 0 aliphatic carbocycles. The van der Waals surface area contributed by atoms with Crippen molar-refractivity contribution in [3.8, 4) is 0 Å². The number of Topliss-reactive ketones (excluding diaryl/α,β-unsaturated/α-hetero) is 1. The van der Waals surface area contributed by atoms with Crippen LogP contribution >= 0.6 is 0 Å². The molecule has 0 aromatic heterocycles. The molecule has 0 saturated carbocycles. The molecule has 0 unspecified atom stereocenters. The second-order valence-corrected chi connectivity index (χ2v) is 3.48. The quantitative estimate of drug-likeness (QED) is 0.586. The molecular formula is C9H15NO2. The maximum Gasteiger partial charge on any atom is 0.220 e. The normalized spacial score (nSPS) is 29.1. The van der Waals surface area contributed by atoms with Crippen molar-refractivity contribution in [2.45, 2.75) is 45.7 Å². The Morgan fingerprint density at radius 2 is 1.83 bits per heavy atom. The SMILES string of the molecule is CC(=O)[C@@H]1CC[C@@H](C)N1C(C)=O. The van der Waals surface area contributed by atoms with Gasteiger partial charge >= 0.3 is 0 Å². The summed E-state index contributed by atoms with van der Waals surface area (Å²) in [6.45, 7) is 5.07. The van der Waals surface area contributed by atoms with Crippen molar-refractivity contribution in [2.75, 3.05) is 0 Å². The van der Waals surface area contributed by atoms with Crippen molar-refractivity contribution in [1.82, 2.24) is 4.90 Å². The first kappa shape index (κ1) is 9.23. The van der Waals surface area contributed by atoms with Crippen LogP contribution < -0.4 is 0 Å². The van der Waals surface area contributed by atoms with Gasteiger partial charge in [-0.25, -0.2) is 0 Å². The van der Waals surface area contributed by atoms with E-state index < -0.39 is 0 Å². The van der Waals surface area contributed by atoms with Crippen molar-refractivity contribution in [3.63, 3.8) is 0 Å². The van der Waals surface area contributed by atoms with Crippen LogP contribution in [0.3, 0.4) is 0 Å². The zero-order valence-corrected chi connectivity index (χ0v) is 7.83. The molecule has 3 nitrogen and oxygen atoms in total. The second-order valence-electron chi connectivity index (χ2n) is 3.48. The lowest BCUT2D eigenvalue weighted by molar-refractivity contribution is -0.136. The minimum absolute atomic E-state index is 0.0141. The number of likely N-dealkylation sites (tertiary alicyclic amines) is 1. The van der Waals surface area contributed by atoms with E-state index in [4.69, 9.17) is 0 Å². The molecule has 0 aromatic rings. The van der Waals surface area contributed by atoms with Crippen LogP contribution in [-0.2, 0) is 9.59 Å². The van der Waals surface area contributed by atoms with E-state index in [1.807, 2.05) is 6.92 Å². The van der Waals surface area contributed by atoms with Gasteiger partial charge in [0.15, 0.2) is 5.78 Å². The third kappa shape index (κ3) is 1.49. The molecule has 0 aromatic carbocycles. The molecule has 1 amide bonds. The number of ketones is 1. The van der Waals surface area contributed by atoms with Gasteiger partial charge in [-0.2, -0.15) is 0 Å². The summed E-state index contributed by atoms with van der Waals surface area (Å²) in [6.07, 6.45) is 1.78. The van der Waals surface area contributed by atoms with Gasteiger partial charge in [0, 0.05) is 13.0 Å². The smallest absolute Gasteiger partial charge is 0.220 e. The van der Waals surface area contributed by atoms with Gasteiger partial charge in [-0.15, -0.1) is 0 Å². The lowest BCUT2D eigenvalue weighted by atomic mass is 10.1. The van der Waals surface area contributed by atoms with Crippen molar-refractivity contribution in [3.05, 3.63) is 0 Å². The zero-order valence-electron chi connectivity index (χ0n) is 7.83. The first-order valence-corrected chi connectivity index (χ1v) is 4.33. The summed E-state index contributed by atoms with van der Waals surface area (Å²) in [6, 6.07) is 0.0777. The third-order valence-electron chi connectivity index (χ3n) is 2.50. The van der Waals surface area contributed by atoms with Crippen molar-refractivity contribution in [2.24, 2.45) is 0 Å². The first-order valence-electron chi connectivity index (χ1n) is 4.33. The predicted molar refractivity (Wildman–Crippen MR) is 45.7 cm³/mol. The number of hydrogen-bond donors (Lipinski definition) is 0. The van der Waals surface area contributed by atoms with Crippen LogP contribution in [0, 0.1) is 0 Å². The maximum absolute atomic E-state index is 11.1. The van der Waals surface area contributed by atoms with E-state index >= 15 is 0 Å². The fourth-order valence-electron chi connectivity index (χ4n) is 1.91. The van der Waals surface area contributed by atoms with E-state index in [2.05, 4.69) is 0 Å². The van der Waals surface area contributed by atoms with E-state index in [0.29, 0.717) is 0 Å². The summed E-state index contributed by atoms with van der Waals surface area (Å²) in [7, 11) is 0. The molecule has 1 aliphatic rings. The van der Waals surface area contributed by atoms with Gasteiger partial charge in [0.25, 0.3) is 0 Å². The van der Waals surface area contributed by atoms with E-state index in [9.17, 15) is 9.59 Å². The Labute approximate surface area is 72.7 Å². The van der Waals surface area contributed by atoms with Crippen LogP contribution in [0.5, 0.6) is 0 Å². The Morgan fingerprint density at radius 3 is 2.17 bits per heavy atom. The molecule has 3 heteroatoms. The number of amides is 1. The molecule has 1 rings (SSSR count). The molecule has 1 heterocycles. The summed E-state index contributed by atoms with van der Waals surface area (Å²) in [5.74, 6) is 0.120. The molecule has 68 valence electrons. The van der Waals surface area contributed by atoms with Gasteiger partial charge in [-0.3, -0.25) is 9.59 Å². The summed E-state index contributed by atoms with van der Waals surface area (Å²) in [4.78, 5) is 24.0. The predicted octanol–water partition coefficient (Wildman–Crippen LogP) is 0.975. The highest BCUT2D eigenvalue weighted by atomic mass is 16.2. The first-order chi connectivity index (χ1) is 5.54. The molecule has 12 heavy (non-hydrogen) atoms. The van der Waals surface area contributed by atoms with Crippen LogP contribution in [0.1, 0.15) is 33.6 Å². The average Bonchev–Trinajstić information content (AvgIpc) is 2.30. The summed E-state index contributed by atoms with van der Waals surface area (Å²) in [5.41, 5.74) is 0. The van der Waals surface area contributed by atoms with Crippen LogP contribution in [0.4, 0.5) is 0 Å². The third-order valence-corrected chi connectivity index (χ3v) is 2.50. The fraction of sp³-hybridized carbons (Fsp3) is 0.778. The van der Waals surface area contributed by atoms with E-state index in [0.717, 1.165) is 12.8 Å². The van der Waals surface area contributed by atoms with Crippen LogP contribution in [0.2, 0.25) is 0 Å². The largest absolute Gasteiger partial charge is 0.330 e. The van der Waals surface area contributed by atoms with E-state index in [1.165, 1.54) is 6.92 Å². The van der Waals surface area contributed by atoms with Crippen molar-refractivity contribution >= 4 is 11.7 Å². The van der Waals surface area contributed by atoms with Crippen LogP contribution in [0.15, 0.2) is 0 Å². The van der Waals surface area contributed by atoms with Gasteiger partial charge in [0.1, 0.15) is 0 Å².